The van der Waals surface area contributed by atoms with Crippen molar-refractivity contribution in [2.24, 2.45) is 0 Å². The number of aromatic nitrogens is 3. The third-order valence-electron chi connectivity index (χ3n) is 5.93. The number of hydrogen-bond donors (Lipinski definition) is 1. The highest BCUT2D eigenvalue weighted by molar-refractivity contribution is 5.98. The molecule has 0 spiro atoms. The Balaban J connectivity index is 1.64. The summed E-state index contributed by atoms with van der Waals surface area (Å²) in [6, 6.07) is 17.3. The van der Waals surface area contributed by atoms with Gasteiger partial charge in [-0.1, -0.05) is 55.7 Å². The van der Waals surface area contributed by atoms with Gasteiger partial charge in [0.05, 0.1) is 5.39 Å². The van der Waals surface area contributed by atoms with Crippen LogP contribution in [-0.2, 0) is 6.54 Å². The Bertz CT molecular complexity index is 1270. The van der Waals surface area contributed by atoms with Crippen molar-refractivity contribution >= 4 is 22.6 Å². The molecule has 0 aliphatic heterocycles. The lowest BCUT2D eigenvalue weighted by molar-refractivity contribution is 0.0919. The minimum absolute atomic E-state index is 0.135. The number of nitrogens with zero attached hydrogens (tertiary/aromatic N) is 3. The molecule has 6 heteroatoms. The van der Waals surface area contributed by atoms with E-state index in [2.05, 4.69) is 5.32 Å². The van der Waals surface area contributed by atoms with Gasteiger partial charge in [0, 0.05) is 18.8 Å². The second-order valence-electron chi connectivity index (χ2n) is 7.99. The fourth-order valence-corrected chi connectivity index (χ4v) is 4.37. The molecule has 1 aliphatic rings. The molecule has 30 heavy (non-hydrogen) atoms. The summed E-state index contributed by atoms with van der Waals surface area (Å²) in [5, 5.41) is 3.65. The lowest BCUT2D eigenvalue weighted by Gasteiger charge is -2.23. The monoisotopic (exact) mass is 400 g/mol. The smallest absolute Gasteiger partial charge is 0.268 e. The van der Waals surface area contributed by atoms with Crippen molar-refractivity contribution in [2.45, 2.75) is 44.7 Å². The Labute approximate surface area is 174 Å². The largest absolute Gasteiger partial charge is 0.348 e. The summed E-state index contributed by atoms with van der Waals surface area (Å²) in [7, 11) is 0. The fourth-order valence-electron chi connectivity index (χ4n) is 4.37. The van der Waals surface area contributed by atoms with Gasteiger partial charge in [-0.2, -0.15) is 0 Å². The van der Waals surface area contributed by atoms with Crippen LogP contribution < -0.4 is 10.9 Å². The summed E-state index contributed by atoms with van der Waals surface area (Å²) in [6.07, 6.45) is 7.25. The van der Waals surface area contributed by atoms with E-state index in [1.165, 1.54) is 10.8 Å². The van der Waals surface area contributed by atoms with Crippen LogP contribution in [0.2, 0.25) is 0 Å². The van der Waals surface area contributed by atoms with E-state index >= 15 is 0 Å². The summed E-state index contributed by atoms with van der Waals surface area (Å²) in [5.74, 6) is -0.135. The zero-order valence-corrected chi connectivity index (χ0v) is 16.8. The Hall–Kier alpha value is -3.41. The molecule has 1 fully saturated rings. The molecule has 0 unspecified atom stereocenters. The van der Waals surface area contributed by atoms with Crippen LogP contribution >= 0.6 is 0 Å². The molecule has 1 saturated carbocycles. The van der Waals surface area contributed by atoms with Crippen LogP contribution in [0.5, 0.6) is 0 Å². The van der Waals surface area contributed by atoms with E-state index in [9.17, 15) is 9.59 Å². The van der Waals surface area contributed by atoms with Gasteiger partial charge in [0.15, 0.2) is 0 Å². The highest BCUT2D eigenvalue weighted by Gasteiger charge is 2.23. The average molecular weight is 400 g/mol. The fraction of sp³-hybridized carbons (Fsp3) is 0.292. The van der Waals surface area contributed by atoms with E-state index in [0.29, 0.717) is 28.9 Å². The molecule has 0 atom stereocenters. The van der Waals surface area contributed by atoms with Crippen molar-refractivity contribution in [3.05, 3.63) is 82.4 Å². The van der Waals surface area contributed by atoms with Gasteiger partial charge in [0.2, 0.25) is 0 Å². The first-order valence-electron chi connectivity index (χ1n) is 10.6. The molecule has 1 amide bonds. The number of hydrogen-bond acceptors (Lipinski definition) is 3. The molecule has 3 aromatic heterocycles. The summed E-state index contributed by atoms with van der Waals surface area (Å²) >= 11 is 0. The number of fused-ring (bicyclic) bond motifs is 2. The molecular weight excluding hydrogens is 376 g/mol. The van der Waals surface area contributed by atoms with Crippen LogP contribution in [-0.4, -0.2) is 25.9 Å². The zero-order valence-electron chi connectivity index (χ0n) is 16.8. The number of carbonyl (C=O) groups is 1. The normalized spacial score (nSPS) is 14.9. The van der Waals surface area contributed by atoms with Crippen LogP contribution in [0.1, 0.15) is 48.2 Å². The summed E-state index contributed by atoms with van der Waals surface area (Å²) in [6.45, 7) is 0.479. The first kappa shape index (κ1) is 18.6. The van der Waals surface area contributed by atoms with Gasteiger partial charge in [-0.3, -0.25) is 14.0 Å². The van der Waals surface area contributed by atoms with Crippen LogP contribution in [0.3, 0.4) is 0 Å². The van der Waals surface area contributed by atoms with Crippen LogP contribution in [0, 0.1) is 0 Å². The number of amides is 1. The van der Waals surface area contributed by atoms with Gasteiger partial charge in [-0.05, 0) is 36.6 Å². The molecule has 0 bridgehead atoms. The number of pyridine rings is 1. The number of nitrogens with one attached hydrogen (secondary N) is 1. The number of benzene rings is 1. The average Bonchev–Trinajstić information content (AvgIpc) is 3.14. The van der Waals surface area contributed by atoms with Gasteiger partial charge < -0.3 is 9.88 Å². The highest BCUT2D eigenvalue weighted by Crippen LogP contribution is 2.21. The Morgan fingerprint density at radius 1 is 1.03 bits per heavy atom. The zero-order chi connectivity index (χ0) is 20.5. The lowest BCUT2D eigenvalue weighted by atomic mass is 9.95. The Morgan fingerprint density at radius 3 is 2.60 bits per heavy atom. The molecule has 5 rings (SSSR count). The van der Waals surface area contributed by atoms with E-state index < -0.39 is 0 Å². The molecule has 0 saturated heterocycles. The minimum atomic E-state index is -0.158. The second kappa shape index (κ2) is 7.78. The van der Waals surface area contributed by atoms with Crippen molar-refractivity contribution < 1.29 is 4.79 Å². The molecule has 6 nitrogen and oxygen atoms in total. The minimum Gasteiger partial charge on any atom is -0.348 e. The molecule has 3 heterocycles. The first-order chi connectivity index (χ1) is 14.7. The topological polar surface area (TPSA) is 68.4 Å². The maximum absolute atomic E-state index is 13.2. The van der Waals surface area contributed by atoms with Crippen molar-refractivity contribution in [1.29, 1.82) is 0 Å². The van der Waals surface area contributed by atoms with E-state index in [1.807, 2.05) is 47.0 Å². The third-order valence-corrected chi connectivity index (χ3v) is 5.93. The molecule has 0 radical (unpaired) electrons. The predicted molar refractivity (Wildman–Crippen MR) is 117 cm³/mol. The van der Waals surface area contributed by atoms with E-state index in [0.717, 1.165) is 31.2 Å². The lowest BCUT2D eigenvalue weighted by Crippen LogP contribution is -2.37. The summed E-state index contributed by atoms with van der Waals surface area (Å²) in [4.78, 5) is 31.1. The Kier molecular flexibility index (Phi) is 4.83. The van der Waals surface area contributed by atoms with Gasteiger partial charge >= 0.3 is 0 Å². The maximum Gasteiger partial charge on any atom is 0.268 e. The van der Waals surface area contributed by atoms with Gasteiger partial charge in [0.25, 0.3) is 11.5 Å². The summed E-state index contributed by atoms with van der Waals surface area (Å²) in [5.41, 5.74) is 2.50. The van der Waals surface area contributed by atoms with E-state index in [4.69, 9.17) is 4.98 Å². The molecule has 152 valence electrons. The maximum atomic E-state index is 13.2. The van der Waals surface area contributed by atoms with Crippen LogP contribution in [0.15, 0.2) is 65.6 Å². The number of carbonyl (C=O) groups excluding carboxylic acids is 1. The van der Waals surface area contributed by atoms with Crippen molar-refractivity contribution in [3.8, 4) is 0 Å². The SMILES string of the molecule is O=C(NC1CCCCC1)c1cc2c(=O)n3ccccc3nc2n1Cc1ccccc1. The van der Waals surface area contributed by atoms with Gasteiger partial charge in [0.1, 0.15) is 17.0 Å². The van der Waals surface area contributed by atoms with Crippen molar-refractivity contribution in [1.82, 2.24) is 19.3 Å². The first-order valence-corrected chi connectivity index (χ1v) is 10.6. The molecule has 1 aliphatic carbocycles. The third kappa shape index (κ3) is 3.38. The van der Waals surface area contributed by atoms with Crippen LogP contribution in [0.4, 0.5) is 0 Å². The van der Waals surface area contributed by atoms with Crippen LogP contribution in [0.25, 0.3) is 16.7 Å². The highest BCUT2D eigenvalue weighted by atomic mass is 16.2. The van der Waals surface area contributed by atoms with E-state index in [-0.39, 0.29) is 17.5 Å². The second-order valence-corrected chi connectivity index (χ2v) is 7.99. The van der Waals surface area contributed by atoms with Gasteiger partial charge in [-0.25, -0.2) is 4.98 Å². The van der Waals surface area contributed by atoms with Gasteiger partial charge in [-0.15, -0.1) is 0 Å². The molecule has 4 aromatic rings. The number of rotatable bonds is 4. The van der Waals surface area contributed by atoms with Crippen molar-refractivity contribution in [3.63, 3.8) is 0 Å². The molecule has 1 N–H and O–H groups in total. The standard InChI is InChI=1S/C24H24N4O2/c29-23(25-18-11-5-2-6-12-18)20-15-19-22(28(20)16-17-9-3-1-4-10-17)26-21-13-7-8-14-27(21)24(19)30/h1,3-4,7-10,13-15,18H,2,5-6,11-12,16H2,(H,25,29). The Morgan fingerprint density at radius 2 is 1.80 bits per heavy atom. The predicted octanol–water partition coefficient (Wildman–Crippen LogP) is 3.76. The molecular formula is C24H24N4O2. The van der Waals surface area contributed by atoms with E-state index in [1.54, 1.807) is 18.3 Å². The summed E-state index contributed by atoms with van der Waals surface area (Å²) < 4.78 is 3.40. The molecule has 1 aromatic carbocycles. The van der Waals surface area contributed by atoms with Crippen molar-refractivity contribution in [2.75, 3.05) is 0 Å². The quantitative estimate of drug-likeness (QED) is 0.567.